The van der Waals surface area contributed by atoms with Crippen LogP contribution in [0.4, 0.5) is 0 Å². The molecule has 1 aliphatic heterocycles. The molecule has 0 spiro atoms. The number of hydrogen-bond acceptors (Lipinski definition) is 3. The molecule has 0 saturated heterocycles. The Hall–Kier alpha value is -0.545. The Bertz CT molecular complexity index is 445. The highest BCUT2D eigenvalue weighted by molar-refractivity contribution is 9.13. The molecule has 0 aromatic heterocycles. The van der Waals surface area contributed by atoms with Crippen LogP contribution < -0.4 is 9.47 Å². The van der Waals surface area contributed by atoms with E-state index in [4.69, 9.17) is 17.3 Å². The fourth-order valence-electron chi connectivity index (χ4n) is 1.52. The van der Waals surface area contributed by atoms with Crippen molar-refractivity contribution >= 4 is 36.4 Å². The van der Waals surface area contributed by atoms with E-state index in [1.807, 2.05) is 31.2 Å². The van der Waals surface area contributed by atoms with Crippen LogP contribution in [0.2, 0.25) is 6.32 Å². The molecule has 0 aliphatic carbocycles. The number of benzene rings is 1. The average Bonchev–Trinajstić information content (AvgIpc) is 2.27. The van der Waals surface area contributed by atoms with Gasteiger partial charge in [0.1, 0.15) is 0 Å². The highest BCUT2D eigenvalue weighted by Gasteiger charge is 2.37. The molecule has 0 fully saturated rings. The van der Waals surface area contributed by atoms with Crippen molar-refractivity contribution in [2.24, 2.45) is 0 Å². The van der Waals surface area contributed by atoms with Gasteiger partial charge in [-0.05, 0) is 41.3 Å². The van der Waals surface area contributed by atoms with Crippen LogP contribution in [0.3, 0.4) is 0 Å². The van der Waals surface area contributed by atoms with E-state index in [9.17, 15) is 0 Å². The molecule has 1 heterocycles. The zero-order valence-electron chi connectivity index (χ0n) is 8.74. The zero-order valence-corrected chi connectivity index (χ0v) is 11.2. The van der Waals surface area contributed by atoms with Crippen LogP contribution in [0, 0.1) is 0 Å². The average molecular weight is 297 g/mol. The number of ether oxygens (including phenoxy) is 2. The molecule has 16 heavy (non-hydrogen) atoms. The summed E-state index contributed by atoms with van der Waals surface area (Å²) in [4.78, 5) is 0. The standard InChI is InChI=1S/C11H10BBrO2S/c1-11(6-12)9(10(13)16)14-7-4-2-3-5-8(7)15-11/h2-5,16H,6H2,1H3/b10-9+/t11-/m0/s1. The molecule has 0 unspecified atom stereocenters. The second-order valence-electron chi connectivity index (χ2n) is 3.71. The molecule has 0 amide bonds. The number of halogens is 1. The highest BCUT2D eigenvalue weighted by atomic mass is 79.9. The summed E-state index contributed by atoms with van der Waals surface area (Å²) in [6, 6.07) is 7.47. The van der Waals surface area contributed by atoms with Gasteiger partial charge in [0.2, 0.25) is 0 Å². The molecule has 1 atom stereocenters. The molecule has 1 aliphatic rings. The summed E-state index contributed by atoms with van der Waals surface area (Å²) >= 11 is 7.52. The molecule has 0 N–H and O–H groups in total. The van der Waals surface area contributed by atoms with Gasteiger partial charge in [0.15, 0.2) is 22.9 Å². The minimum absolute atomic E-state index is 0.312. The number of para-hydroxylation sites is 2. The molecule has 0 saturated carbocycles. The molecular formula is C11H10BBrO2S. The Balaban J connectivity index is 2.50. The summed E-state index contributed by atoms with van der Waals surface area (Å²) in [6.07, 6.45) is 0.312. The monoisotopic (exact) mass is 296 g/mol. The van der Waals surface area contributed by atoms with Crippen molar-refractivity contribution in [3.05, 3.63) is 33.8 Å². The predicted octanol–water partition coefficient (Wildman–Crippen LogP) is 3.30. The molecule has 1 aromatic carbocycles. The van der Waals surface area contributed by atoms with Crippen molar-refractivity contribution in [1.82, 2.24) is 0 Å². The first-order valence-corrected chi connectivity index (χ1v) is 6.06. The quantitative estimate of drug-likeness (QED) is 0.633. The SMILES string of the molecule is [B]C[C@]1(C)Oc2ccccc2O/C1=C(/S)Br. The summed E-state index contributed by atoms with van der Waals surface area (Å²) in [5, 5.41) is 0. The second-order valence-corrected chi connectivity index (χ2v) is 5.56. The van der Waals surface area contributed by atoms with E-state index >= 15 is 0 Å². The van der Waals surface area contributed by atoms with Crippen LogP contribution in [0.25, 0.3) is 0 Å². The maximum Gasteiger partial charge on any atom is 0.169 e. The van der Waals surface area contributed by atoms with Crippen LogP contribution >= 0.6 is 28.6 Å². The third-order valence-electron chi connectivity index (χ3n) is 2.45. The van der Waals surface area contributed by atoms with E-state index in [1.165, 1.54) is 0 Å². The Morgan fingerprint density at radius 2 is 2.06 bits per heavy atom. The number of rotatable bonds is 1. The summed E-state index contributed by atoms with van der Waals surface area (Å²) in [5.41, 5.74) is -0.686. The van der Waals surface area contributed by atoms with Crippen LogP contribution in [0.15, 0.2) is 33.8 Å². The van der Waals surface area contributed by atoms with E-state index in [0.29, 0.717) is 27.4 Å². The summed E-state index contributed by atoms with van der Waals surface area (Å²) in [6.45, 7) is 1.87. The predicted molar refractivity (Wildman–Crippen MR) is 71.6 cm³/mol. The number of fused-ring (bicyclic) bond motifs is 1. The van der Waals surface area contributed by atoms with Crippen molar-refractivity contribution in [2.45, 2.75) is 18.8 Å². The van der Waals surface area contributed by atoms with Crippen molar-refractivity contribution in [2.75, 3.05) is 0 Å². The van der Waals surface area contributed by atoms with Crippen molar-refractivity contribution in [3.63, 3.8) is 0 Å². The van der Waals surface area contributed by atoms with Gasteiger partial charge in [-0.2, -0.15) is 0 Å². The fourth-order valence-corrected chi connectivity index (χ4v) is 2.30. The lowest BCUT2D eigenvalue weighted by Crippen LogP contribution is -2.39. The molecule has 2 radical (unpaired) electrons. The molecule has 0 bridgehead atoms. The summed E-state index contributed by atoms with van der Waals surface area (Å²) < 4.78 is 12.2. The highest BCUT2D eigenvalue weighted by Crippen LogP contribution is 2.43. The van der Waals surface area contributed by atoms with Gasteiger partial charge in [0.25, 0.3) is 0 Å². The van der Waals surface area contributed by atoms with Crippen molar-refractivity contribution in [1.29, 1.82) is 0 Å². The lowest BCUT2D eigenvalue weighted by Gasteiger charge is -2.37. The van der Waals surface area contributed by atoms with Crippen molar-refractivity contribution < 1.29 is 9.47 Å². The minimum atomic E-state index is -0.686. The summed E-state index contributed by atoms with van der Waals surface area (Å²) in [5.74, 6) is 1.97. The van der Waals surface area contributed by atoms with Crippen LogP contribution in [-0.2, 0) is 0 Å². The molecular weight excluding hydrogens is 287 g/mol. The third-order valence-corrected chi connectivity index (χ3v) is 3.02. The van der Waals surface area contributed by atoms with Gasteiger partial charge in [-0.25, -0.2) is 0 Å². The van der Waals surface area contributed by atoms with Crippen LogP contribution in [0.5, 0.6) is 11.5 Å². The van der Waals surface area contributed by atoms with Gasteiger partial charge in [-0.1, -0.05) is 12.1 Å². The van der Waals surface area contributed by atoms with Gasteiger partial charge in [0.05, 0.1) is 11.7 Å². The van der Waals surface area contributed by atoms with E-state index < -0.39 is 5.60 Å². The van der Waals surface area contributed by atoms with Crippen LogP contribution in [0.1, 0.15) is 6.92 Å². The maximum atomic E-state index is 5.86. The van der Waals surface area contributed by atoms with Gasteiger partial charge in [0, 0.05) is 0 Å². The van der Waals surface area contributed by atoms with Crippen LogP contribution in [-0.4, -0.2) is 13.4 Å². The number of hydrogen-bond donors (Lipinski definition) is 1. The van der Waals surface area contributed by atoms with E-state index in [2.05, 4.69) is 28.6 Å². The largest absolute Gasteiger partial charge is 0.476 e. The lowest BCUT2D eigenvalue weighted by atomic mass is 9.86. The van der Waals surface area contributed by atoms with Gasteiger partial charge in [-0.15, -0.1) is 12.6 Å². The molecule has 82 valence electrons. The van der Waals surface area contributed by atoms with E-state index in [0.717, 1.165) is 0 Å². The molecule has 1 aromatic rings. The first kappa shape index (κ1) is 11.9. The third kappa shape index (κ3) is 1.98. The molecule has 2 rings (SSSR count). The first-order chi connectivity index (χ1) is 7.57. The Morgan fingerprint density at radius 1 is 1.44 bits per heavy atom. The van der Waals surface area contributed by atoms with E-state index in [-0.39, 0.29) is 0 Å². The molecule has 5 heteroatoms. The van der Waals surface area contributed by atoms with Crippen molar-refractivity contribution in [3.8, 4) is 11.5 Å². The zero-order chi connectivity index (χ0) is 11.8. The summed E-state index contributed by atoms with van der Waals surface area (Å²) in [7, 11) is 5.73. The Labute approximate surface area is 110 Å². The van der Waals surface area contributed by atoms with E-state index in [1.54, 1.807) is 0 Å². The lowest BCUT2D eigenvalue weighted by molar-refractivity contribution is 0.0744. The maximum absolute atomic E-state index is 5.86. The smallest absolute Gasteiger partial charge is 0.169 e. The van der Waals surface area contributed by atoms with Gasteiger partial charge >= 0.3 is 0 Å². The van der Waals surface area contributed by atoms with Gasteiger partial charge < -0.3 is 9.47 Å². The Kier molecular flexibility index (Phi) is 3.26. The fraction of sp³-hybridized carbons (Fsp3) is 0.273. The molecule has 2 nitrogen and oxygen atoms in total. The minimum Gasteiger partial charge on any atom is -0.476 e. The second kappa shape index (κ2) is 4.38. The van der Waals surface area contributed by atoms with Gasteiger partial charge in [-0.3, -0.25) is 0 Å². The number of thiol groups is 1. The first-order valence-electron chi connectivity index (χ1n) is 4.82. The Morgan fingerprint density at radius 3 is 2.62 bits per heavy atom. The normalized spacial score (nSPS) is 26.4. The topological polar surface area (TPSA) is 18.5 Å².